The molecule has 1 amide bonds. The zero-order valence-electron chi connectivity index (χ0n) is 10.5. The lowest BCUT2D eigenvalue weighted by atomic mass is 10.0. The maximum Gasteiger partial charge on any atom is 0.251 e. The maximum absolute atomic E-state index is 12.0. The molecule has 1 aromatic rings. The van der Waals surface area contributed by atoms with E-state index in [2.05, 4.69) is 21.2 Å². The van der Waals surface area contributed by atoms with Crippen molar-refractivity contribution >= 4 is 33.4 Å². The Hall–Kier alpha value is -0.540. The molecule has 2 nitrogen and oxygen atoms in total. The second-order valence-corrected chi connectivity index (χ2v) is 6.54. The molecule has 0 heterocycles. The fourth-order valence-electron chi connectivity index (χ4n) is 1.20. The highest BCUT2D eigenvalue weighted by Crippen LogP contribution is 2.20. The largest absolute Gasteiger partial charge is 0.346 e. The molecule has 94 valence electrons. The lowest BCUT2D eigenvalue weighted by molar-refractivity contribution is 0.0914. The van der Waals surface area contributed by atoms with Crippen molar-refractivity contribution in [2.45, 2.75) is 38.1 Å². The van der Waals surface area contributed by atoms with Crippen molar-refractivity contribution in [1.29, 1.82) is 0 Å². The number of halogens is 2. The van der Waals surface area contributed by atoms with Crippen LogP contribution in [0.15, 0.2) is 18.2 Å². The van der Waals surface area contributed by atoms with E-state index in [1.807, 2.05) is 33.8 Å². The van der Waals surface area contributed by atoms with Gasteiger partial charge in [-0.1, -0.05) is 40.5 Å². The summed E-state index contributed by atoms with van der Waals surface area (Å²) in [7, 11) is 0. The predicted octanol–water partition coefficient (Wildman–Crippen LogP) is 3.94. The second-order valence-electron chi connectivity index (χ2n) is 4.76. The molecule has 1 aromatic carbocycles. The Morgan fingerprint density at radius 3 is 2.53 bits per heavy atom. The first kappa shape index (κ1) is 14.5. The first-order valence-corrected chi connectivity index (χ1v) is 6.76. The van der Waals surface area contributed by atoms with Crippen molar-refractivity contribution in [3.05, 3.63) is 34.3 Å². The van der Waals surface area contributed by atoms with Crippen LogP contribution in [0.4, 0.5) is 0 Å². The molecular weight excluding hydrogens is 302 g/mol. The molecule has 0 fully saturated rings. The van der Waals surface area contributed by atoms with E-state index in [-0.39, 0.29) is 16.3 Å². The molecule has 0 aliphatic rings. The number of nitrogens with one attached hydrogen (secondary N) is 1. The molecule has 0 aromatic heterocycles. The highest BCUT2D eigenvalue weighted by atomic mass is 79.9. The Morgan fingerprint density at radius 1 is 1.47 bits per heavy atom. The van der Waals surface area contributed by atoms with E-state index in [0.29, 0.717) is 10.6 Å². The van der Waals surface area contributed by atoms with Crippen molar-refractivity contribution in [3.8, 4) is 0 Å². The van der Waals surface area contributed by atoms with Gasteiger partial charge in [0.25, 0.3) is 5.91 Å². The number of carbonyl (C=O) groups excluding carboxylic acids is 1. The van der Waals surface area contributed by atoms with E-state index in [1.54, 1.807) is 12.1 Å². The second kappa shape index (κ2) is 5.40. The summed E-state index contributed by atoms with van der Waals surface area (Å²) in [6.45, 7) is 7.86. The van der Waals surface area contributed by atoms with Crippen molar-refractivity contribution in [2.75, 3.05) is 0 Å². The number of aryl methyl sites for hydroxylation is 1. The first-order chi connectivity index (χ1) is 7.74. The minimum Gasteiger partial charge on any atom is -0.346 e. The molecule has 0 aliphatic heterocycles. The van der Waals surface area contributed by atoms with E-state index in [1.165, 1.54) is 0 Å². The zero-order chi connectivity index (χ0) is 13.2. The third-order valence-electron chi connectivity index (χ3n) is 2.86. The van der Waals surface area contributed by atoms with Gasteiger partial charge in [-0.3, -0.25) is 4.79 Å². The molecule has 0 saturated heterocycles. The molecule has 0 radical (unpaired) electrons. The number of carbonyl (C=O) groups is 1. The van der Waals surface area contributed by atoms with Gasteiger partial charge in [0.1, 0.15) is 0 Å². The Bertz CT molecular complexity index is 429. The summed E-state index contributed by atoms with van der Waals surface area (Å²) in [5.74, 6) is -0.108. The minimum absolute atomic E-state index is 0.108. The van der Waals surface area contributed by atoms with Crippen LogP contribution in [-0.2, 0) is 0 Å². The van der Waals surface area contributed by atoms with Gasteiger partial charge in [-0.15, -0.1) is 0 Å². The van der Waals surface area contributed by atoms with Crippen LogP contribution in [0.3, 0.4) is 0 Å². The summed E-state index contributed by atoms with van der Waals surface area (Å²) >= 11 is 9.48. The SMILES string of the molecule is Cc1ccc(C(=O)NC(C)(C)C(C)Br)cc1Cl. The minimum atomic E-state index is -0.311. The van der Waals surface area contributed by atoms with Crippen molar-refractivity contribution in [1.82, 2.24) is 5.32 Å². The summed E-state index contributed by atoms with van der Waals surface area (Å²) in [5, 5.41) is 3.59. The maximum atomic E-state index is 12.0. The Labute approximate surface area is 116 Å². The van der Waals surface area contributed by atoms with E-state index in [4.69, 9.17) is 11.6 Å². The first-order valence-electron chi connectivity index (χ1n) is 5.47. The van der Waals surface area contributed by atoms with Gasteiger partial charge >= 0.3 is 0 Å². The number of hydrogen-bond acceptors (Lipinski definition) is 1. The summed E-state index contributed by atoms with van der Waals surface area (Å²) in [6, 6.07) is 5.33. The number of amides is 1. The third-order valence-corrected chi connectivity index (χ3v) is 4.42. The molecule has 1 rings (SSSR count). The molecule has 1 N–H and O–H groups in total. The lowest BCUT2D eigenvalue weighted by Gasteiger charge is -2.29. The fraction of sp³-hybridized carbons (Fsp3) is 0.462. The third kappa shape index (κ3) is 3.71. The van der Waals surface area contributed by atoms with Gasteiger partial charge in [0.2, 0.25) is 0 Å². The zero-order valence-corrected chi connectivity index (χ0v) is 12.8. The molecule has 4 heteroatoms. The van der Waals surface area contributed by atoms with Gasteiger partial charge in [0.15, 0.2) is 0 Å². The van der Waals surface area contributed by atoms with Gasteiger partial charge in [0.05, 0.1) is 0 Å². The van der Waals surface area contributed by atoms with Gasteiger partial charge in [-0.05, 0) is 38.5 Å². The molecule has 0 saturated carbocycles. The van der Waals surface area contributed by atoms with Crippen LogP contribution < -0.4 is 5.32 Å². The highest BCUT2D eigenvalue weighted by molar-refractivity contribution is 9.09. The van der Waals surface area contributed by atoms with E-state index >= 15 is 0 Å². The smallest absolute Gasteiger partial charge is 0.251 e. The van der Waals surface area contributed by atoms with Crippen LogP contribution in [0.5, 0.6) is 0 Å². The summed E-state index contributed by atoms with van der Waals surface area (Å²) in [4.78, 5) is 12.2. The topological polar surface area (TPSA) is 29.1 Å². The highest BCUT2D eigenvalue weighted by Gasteiger charge is 2.26. The van der Waals surface area contributed by atoms with Crippen LogP contribution in [-0.4, -0.2) is 16.3 Å². The molecule has 1 unspecified atom stereocenters. The van der Waals surface area contributed by atoms with Crippen LogP contribution in [0, 0.1) is 6.92 Å². The summed E-state index contributed by atoms with van der Waals surface area (Å²) in [6.07, 6.45) is 0. The van der Waals surface area contributed by atoms with Crippen molar-refractivity contribution in [2.24, 2.45) is 0 Å². The molecule has 0 bridgehead atoms. The lowest BCUT2D eigenvalue weighted by Crippen LogP contribution is -2.48. The van der Waals surface area contributed by atoms with Crippen LogP contribution in [0.2, 0.25) is 5.02 Å². The summed E-state index contributed by atoms with van der Waals surface area (Å²) in [5.41, 5.74) is 1.24. The van der Waals surface area contributed by atoms with Gasteiger partial charge in [-0.25, -0.2) is 0 Å². The number of hydrogen-bond donors (Lipinski definition) is 1. The molecule has 1 atom stereocenters. The molecular formula is C13H17BrClNO. The quantitative estimate of drug-likeness (QED) is 0.840. The molecule has 0 aliphatic carbocycles. The average Bonchev–Trinajstić information content (AvgIpc) is 2.21. The van der Waals surface area contributed by atoms with Crippen molar-refractivity contribution in [3.63, 3.8) is 0 Å². The van der Waals surface area contributed by atoms with Gasteiger partial charge < -0.3 is 5.32 Å². The molecule has 0 spiro atoms. The number of benzene rings is 1. The standard InChI is InChI=1S/C13H17BrClNO/c1-8-5-6-10(7-11(8)15)12(17)16-13(3,4)9(2)14/h5-7,9H,1-4H3,(H,16,17). The van der Waals surface area contributed by atoms with E-state index in [9.17, 15) is 4.79 Å². The van der Waals surface area contributed by atoms with Gasteiger partial charge in [-0.2, -0.15) is 0 Å². The number of rotatable bonds is 3. The Balaban J connectivity index is 2.87. The normalized spacial score (nSPS) is 13.3. The van der Waals surface area contributed by atoms with Gasteiger partial charge in [0, 0.05) is 21.0 Å². The fourth-order valence-corrected chi connectivity index (χ4v) is 1.49. The predicted molar refractivity (Wildman–Crippen MR) is 76.1 cm³/mol. The van der Waals surface area contributed by atoms with E-state index < -0.39 is 0 Å². The average molecular weight is 319 g/mol. The summed E-state index contributed by atoms with van der Waals surface area (Å²) < 4.78 is 0. The Kier molecular flexibility index (Phi) is 4.62. The number of alkyl halides is 1. The Morgan fingerprint density at radius 2 is 2.06 bits per heavy atom. The van der Waals surface area contributed by atoms with Crippen LogP contribution in [0.25, 0.3) is 0 Å². The van der Waals surface area contributed by atoms with Crippen LogP contribution >= 0.6 is 27.5 Å². The van der Waals surface area contributed by atoms with Crippen LogP contribution in [0.1, 0.15) is 36.7 Å². The van der Waals surface area contributed by atoms with Crippen molar-refractivity contribution < 1.29 is 4.79 Å². The monoisotopic (exact) mass is 317 g/mol. The van der Waals surface area contributed by atoms with E-state index in [0.717, 1.165) is 5.56 Å². The molecule has 17 heavy (non-hydrogen) atoms.